The molecule has 2 aliphatic rings. The Bertz CT molecular complexity index is 582. The maximum atomic E-state index is 12.7. The molecule has 1 heterocycles. The van der Waals surface area contributed by atoms with Crippen molar-refractivity contribution >= 4 is 27.8 Å². The third kappa shape index (κ3) is 3.05. The van der Waals surface area contributed by atoms with Crippen LogP contribution in [0.1, 0.15) is 31.2 Å². The molecular weight excluding hydrogens is 346 g/mol. The van der Waals surface area contributed by atoms with Crippen molar-refractivity contribution < 1.29 is 14.7 Å². The van der Waals surface area contributed by atoms with Crippen LogP contribution in [0.2, 0.25) is 0 Å². The molecule has 5 heteroatoms. The maximum Gasteiger partial charge on any atom is 0.308 e. The van der Waals surface area contributed by atoms with Gasteiger partial charge in [0.05, 0.1) is 11.8 Å². The largest absolute Gasteiger partial charge is 0.481 e. The van der Waals surface area contributed by atoms with E-state index in [0.717, 1.165) is 22.9 Å². The molecule has 0 radical (unpaired) electrons. The van der Waals surface area contributed by atoms with Gasteiger partial charge in [-0.2, -0.15) is 0 Å². The number of likely N-dealkylation sites (tertiary alicyclic amines) is 1. The van der Waals surface area contributed by atoms with E-state index in [1.165, 1.54) is 0 Å². The van der Waals surface area contributed by atoms with E-state index in [9.17, 15) is 14.7 Å². The minimum Gasteiger partial charge on any atom is -0.481 e. The van der Waals surface area contributed by atoms with Crippen LogP contribution in [0.25, 0.3) is 0 Å². The van der Waals surface area contributed by atoms with Gasteiger partial charge in [-0.1, -0.05) is 28.1 Å². The lowest BCUT2D eigenvalue weighted by molar-refractivity contribution is -0.142. The lowest BCUT2D eigenvalue weighted by Gasteiger charge is -2.21. The first-order valence-corrected chi connectivity index (χ1v) is 8.53. The van der Waals surface area contributed by atoms with E-state index in [0.29, 0.717) is 19.0 Å². The smallest absolute Gasteiger partial charge is 0.308 e. The van der Waals surface area contributed by atoms with E-state index in [2.05, 4.69) is 15.9 Å². The zero-order chi connectivity index (χ0) is 15.9. The van der Waals surface area contributed by atoms with Crippen LogP contribution in [-0.4, -0.2) is 35.0 Å². The number of aliphatic carboxylic acids is 1. The van der Waals surface area contributed by atoms with E-state index in [1.54, 1.807) is 4.90 Å². The SMILES string of the molecule is CC(C(=O)N1C[C@H](C(=O)O)[C@@H](C2CC2)C1)c1ccc(Br)cc1. The normalized spacial score (nSPS) is 26.0. The Hall–Kier alpha value is -1.36. The van der Waals surface area contributed by atoms with Crippen molar-refractivity contribution in [2.24, 2.45) is 17.8 Å². The van der Waals surface area contributed by atoms with Gasteiger partial charge in [0.1, 0.15) is 0 Å². The van der Waals surface area contributed by atoms with Crippen molar-refractivity contribution in [1.29, 1.82) is 0 Å². The Labute approximate surface area is 138 Å². The van der Waals surface area contributed by atoms with Crippen molar-refractivity contribution in [2.45, 2.75) is 25.7 Å². The number of rotatable bonds is 4. The van der Waals surface area contributed by atoms with Crippen LogP contribution >= 0.6 is 15.9 Å². The molecule has 3 rings (SSSR count). The van der Waals surface area contributed by atoms with E-state index in [1.807, 2.05) is 31.2 Å². The molecule has 1 N–H and O–H groups in total. The molecule has 1 amide bonds. The Morgan fingerprint density at radius 3 is 2.41 bits per heavy atom. The average Bonchev–Trinajstić information content (AvgIpc) is 3.25. The van der Waals surface area contributed by atoms with Gasteiger partial charge in [0.25, 0.3) is 0 Å². The number of carboxylic acid groups (broad SMARTS) is 1. The van der Waals surface area contributed by atoms with Crippen LogP contribution in [0.5, 0.6) is 0 Å². The highest BCUT2D eigenvalue weighted by atomic mass is 79.9. The fourth-order valence-corrected chi connectivity index (χ4v) is 3.70. The second kappa shape index (κ2) is 6.03. The Kier molecular flexibility index (Phi) is 4.26. The number of nitrogens with zero attached hydrogens (tertiary/aromatic N) is 1. The minimum absolute atomic E-state index is 0.0386. The summed E-state index contributed by atoms with van der Waals surface area (Å²) >= 11 is 3.39. The molecule has 1 unspecified atom stereocenters. The average molecular weight is 366 g/mol. The van der Waals surface area contributed by atoms with Crippen molar-refractivity contribution in [3.8, 4) is 0 Å². The van der Waals surface area contributed by atoms with E-state index >= 15 is 0 Å². The van der Waals surface area contributed by atoms with Gasteiger partial charge in [0.2, 0.25) is 5.91 Å². The van der Waals surface area contributed by atoms with Crippen LogP contribution in [0.3, 0.4) is 0 Å². The fraction of sp³-hybridized carbons (Fsp3) is 0.529. The van der Waals surface area contributed by atoms with E-state index < -0.39 is 11.9 Å². The fourth-order valence-electron chi connectivity index (χ4n) is 3.44. The number of hydrogen-bond acceptors (Lipinski definition) is 2. The number of halogens is 1. The molecule has 0 bridgehead atoms. The highest BCUT2D eigenvalue weighted by Crippen LogP contribution is 2.44. The molecule has 1 saturated heterocycles. The molecule has 1 aromatic rings. The van der Waals surface area contributed by atoms with Crippen molar-refractivity contribution in [3.63, 3.8) is 0 Å². The van der Waals surface area contributed by atoms with Gasteiger partial charge in [-0.25, -0.2) is 0 Å². The Morgan fingerprint density at radius 1 is 1.23 bits per heavy atom. The Morgan fingerprint density at radius 2 is 1.86 bits per heavy atom. The molecule has 2 fully saturated rings. The highest BCUT2D eigenvalue weighted by Gasteiger charge is 2.47. The maximum absolute atomic E-state index is 12.7. The summed E-state index contributed by atoms with van der Waals surface area (Å²) < 4.78 is 0.983. The van der Waals surface area contributed by atoms with Gasteiger partial charge >= 0.3 is 5.97 Å². The zero-order valence-corrected chi connectivity index (χ0v) is 14.1. The molecule has 1 aliphatic carbocycles. The molecule has 0 spiro atoms. The summed E-state index contributed by atoms with van der Waals surface area (Å²) in [6.45, 7) is 2.85. The topological polar surface area (TPSA) is 57.6 Å². The number of carboxylic acids is 1. The zero-order valence-electron chi connectivity index (χ0n) is 12.5. The molecule has 1 aliphatic heterocycles. The van der Waals surface area contributed by atoms with Crippen LogP contribution in [-0.2, 0) is 9.59 Å². The van der Waals surface area contributed by atoms with Crippen molar-refractivity contribution in [1.82, 2.24) is 4.90 Å². The van der Waals surface area contributed by atoms with Gasteiger partial charge in [-0.05, 0) is 49.3 Å². The Balaban J connectivity index is 1.72. The summed E-state index contributed by atoms with van der Waals surface area (Å²) in [5, 5.41) is 9.40. The molecule has 1 saturated carbocycles. The van der Waals surface area contributed by atoms with E-state index in [-0.39, 0.29) is 17.7 Å². The number of benzene rings is 1. The van der Waals surface area contributed by atoms with Gasteiger partial charge in [-0.15, -0.1) is 0 Å². The van der Waals surface area contributed by atoms with E-state index in [4.69, 9.17) is 0 Å². The van der Waals surface area contributed by atoms with Gasteiger partial charge in [-0.3, -0.25) is 9.59 Å². The number of amides is 1. The molecule has 3 atom stereocenters. The first kappa shape index (κ1) is 15.5. The molecule has 0 aromatic heterocycles. The summed E-state index contributed by atoms with van der Waals surface area (Å²) in [4.78, 5) is 25.9. The van der Waals surface area contributed by atoms with Crippen LogP contribution in [0, 0.1) is 17.8 Å². The molecular formula is C17H20BrNO3. The van der Waals surface area contributed by atoms with Crippen LogP contribution < -0.4 is 0 Å². The van der Waals surface area contributed by atoms with Gasteiger partial charge in [0, 0.05) is 17.6 Å². The number of hydrogen-bond donors (Lipinski definition) is 1. The first-order valence-electron chi connectivity index (χ1n) is 7.74. The summed E-state index contributed by atoms with van der Waals surface area (Å²) in [6, 6.07) is 7.73. The summed E-state index contributed by atoms with van der Waals surface area (Å²) in [6.07, 6.45) is 2.22. The second-order valence-corrected chi connectivity index (χ2v) is 7.38. The summed E-state index contributed by atoms with van der Waals surface area (Å²) in [5.41, 5.74) is 0.968. The van der Waals surface area contributed by atoms with Gasteiger partial charge < -0.3 is 10.0 Å². The highest BCUT2D eigenvalue weighted by molar-refractivity contribution is 9.10. The number of carbonyl (C=O) groups is 2. The lowest BCUT2D eigenvalue weighted by Crippen LogP contribution is -2.33. The van der Waals surface area contributed by atoms with Crippen LogP contribution in [0.15, 0.2) is 28.7 Å². The second-order valence-electron chi connectivity index (χ2n) is 6.46. The summed E-state index contributed by atoms with van der Waals surface area (Å²) in [7, 11) is 0. The number of carbonyl (C=O) groups excluding carboxylic acids is 1. The quantitative estimate of drug-likeness (QED) is 0.891. The van der Waals surface area contributed by atoms with Crippen molar-refractivity contribution in [2.75, 3.05) is 13.1 Å². The monoisotopic (exact) mass is 365 g/mol. The minimum atomic E-state index is -0.761. The molecule has 118 valence electrons. The van der Waals surface area contributed by atoms with Gasteiger partial charge in [0.15, 0.2) is 0 Å². The summed E-state index contributed by atoms with van der Waals surface area (Å²) in [5.74, 6) is -0.713. The van der Waals surface area contributed by atoms with Crippen LogP contribution in [0.4, 0.5) is 0 Å². The standard InChI is InChI=1S/C17H20BrNO3/c1-10(11-4-6-13(18)7-5-11)16(20)19-8-14(12-2-3-12)15(9-19)17(21)22/h4-7,10,12,14-15H,2-3,8-9H2,1H3,(H,21,22)/t10?,14-,15+/m1/s1. The first-order chi connectivity index (χ1) is 10.5. The molecule has 22 heavy (non-hydrogen) atoms. The molecule has 4 nitrogen and oxygen atoms in total. The van der Waals surface area contributed by atoms with Crippen molar-refractivity contribution in [3.05, 3.63) is 34.3 Å². The predicted octanol–water partition coefficient (Wildman–Crippen LogP) is 3.12. The lowest BCUT2D eigenvalue weighted by atomic mass is 9.92. The third-order valence-electron chi connectivity index (χ3n) is 4.96. The molecule has 1 aromatic carbocycles. The predicted molar refractivity (Wildman–Crippen MR) is 86.5 cm³/mol. The third-order valence-corrected chi connectivity index (χ3v) is 5.49.